The summed E-state index contributed by atoms with van der Waals surface area (Å²) in [6.07, 6.45) is -3.04. The zero-order valence-electron chi connectivity index (χ0n) is 12.8. The molecule has 2 rings (SSSR count). The lowest BCUT2D eigenvalue weighted by molar-refractivity contribution is -0.137. The van der Waals surface area contributed by atoms with E-state index in [9.17, 15) is 18.0 Å². The Kier molecular flexibility index (Phi) is 5.62. The van der Waals surface area contributed by atoms with E-state index in [1.165, 1.54) is 12.3 Å². The Morgan fingerprint density at radius 2 is 2.08 bits per heavy atom. The molecule has 0 saturated carbocycles. The van der Waals surface area contributed by atoms with Gasteiger partial charge in [0.05, 0.1) is 18.4 Å². The largest absolute Gasteiger partial charge is 0.467 e. The van der Waals surface area contributed by atoms with Crippen LogP contribution in [-0.2, 0) is 17.5 Å². The third-order valence-corrected chi connectivity index (χ3v) is 2.91. The second kappa shape index (κ2) is 7.67. The molecule has 0 radical (unpaired) electrons. The quantitative estimate of drug-likeness (QED) is 0.683. The highest BCUT2D eigenvalue weighted by atomic mass is 19.4. The van der Waals surface area contributed by atoms with Crippen molar-refractivity contribution in [2.24, 2.45) is 4.99 Å². The number of nitrogens with zero attached hydrogens (tertiary/aromatic N) is 1. The monoisotopic (exact) mass is 340 g/mol. The first kappa shape index (κ1) is 17.6. The second-order valence-corrected chi connectivity index (χ2v) is 4.67. The van der Waals surface area contributed by atoms with Gasteiger partial charge < -0.3 is 9.15 Å². The molecule has 1 aromatic carbocycles. The molecule has 1 aromatic heterocycles. The van der Waals surface area contributed by atoms with Crippen molar-refractivity contribution < 1.29 is 27.1 Å². The van der Waals surface area contributed by atoms with Gasteiger partial charge in [0.15, 0.2) is 0 Å². The van der Waals surface area contributed by atoms with Gasteiger partial charge in [0.1, 0.15) is 12.3 Å². The maximum absolute atomic E-state index is 12.7. The van der Waals surface area contributed by atoms with E-state index in [0.717, 1.165) is 18.2 Å². The van der Waals surface area contributed by atoms with Crippen molar-refractivity contribution >= 4 is 11.9 Å². The zero-order chi connectivity index (χ0) is 17.6. The van der Waals surface area contributed by atoms with E-state index in [0.29, 0.717) is 5.76 Å². The van der Waals surface area contributed by atoms with Gasteiger partial charge in [0, 0.05) is 5.56 Å². The number of alkyl halides is 3. The summed E-state index contributed by atoms with van der Waals surface area (Å²) in [5, 5.41) is 2.36. The SMILES string of the molecule is CCOC(=NCc1ccco1)NC(=O)c1cccc(C(F)(F)F)c1. The fourth-order valence-electron chi connectivity index (χ4n) is 1.82. The van der Waals surface area contributed by atoms with Gasteiger partial charge in [-0.2, -0.15) is 13.2 Å². The standard InChI is InChI=1S/C16H15F3N2O3/c1-2-23-15(20-10-13-7-4-8-24-13)21-14(22)11-5-3-6-12(9-11)16(17,18)19/h3-9H,2,10H2,1H3,(H,20,21,22). The van der Waals surface area contributed by atoms with Crippen molar-refractivity contribution in [1.29, 1.82) is 0 Å². The number of carbonyl (C=O) groups is 1. The zero-order valence-corrected chi connectivity index (χ0v) is 12.8. The topological polar surface area (TPSA) is 63.8 Å². The van der Waals surface area contributed by atoms with Gasteiger partial charge in [-0.05, 0) is 37.3 Å². The van der Waals surface area contributed by atoms with Gasteiger partial charge in [-0.3, -0.25) is 10.1 Å². The van der Waals surface area contributed by atoms with Gasteiger partial charge >= 0.3 is 6.18 Å². The minimum Gasteiger partial charge on any atom is -0.467 e. The van der Waals surface area contributed by atoms with Crippen LogP contribution in [0.15, 0.2) is 52.1 Å². The number of rotatable bonds is 4. The van der Waals surface area contributed by atoms with Crippen LogP contribution in [0.4, 0.5) is 13.2 Å². The highest BCUT2D eigenvalue weighted by molar-refractivity contribution is 6.04. The van der Waals surface area contributed by atoms with Crippen LogP contribution in [0.5, 0.6) is 0 Å². The lowest BCUT2D eigenvalue weighted by Crippen LogP contribution is -2.32. The van der Waals surface area contributed by atoms with Gasteiger partial charge in [-0.15, -0.1) is 0 Å². The summed E-state index contributed by atoms with van der Waals surface area (Å²) in [4.78, 5) is 16.1. The Labute approximate surface area is 136 Å². The van der Waals surface area contributed by atoms with Crippen LogP contribution in [0, 0.1) is 0 Å². The van der Waals surface area contributed by atoms with Crippen LogP contribution in [0.1, 0.15) is 28.6 Å². The van der Waals surface area contributed by atoms with E-state index < -0.39 is 17.6 Å². The number of furan rings is 1. The maximum Gasteiger partial charge on any atom is 0.416 e. The molecule has 0 aliphatic heterocycles. The van der Waals surface area contributed by atoms with Crippen molar-refractivity contribution in [2.75, 3.05) is 6.61 Å². The Morgan fingerprint density at radius 1 is 1.29 bits per heavy atom. The van der Waals surface area contributed by atoms with Crippen molar-refractivity contribution in [3.8, 4) is 0 Å². The van der Waals surface area contributed by atoms with Crippen LogP contribution in [-0.4, -0.2) is 18.5 Å². The summed E-state index contributed by atoms with van der Waals surface area (Å²) in [6.45, 7) is 2.06. The van der Waals surface area contributed by atoms with Gasteiger partial charge in [-0.25, -0.2) is 4.99 Å². The average molecular weight is 340 g/mol. The molecule has 0 fully saturated rings. The fourth-order valence-corrected chi connectivity index (χ4v) is 1.82. The Bertz CT molecular complexity index is 710. The molecule has 0 spiro atoms. The molecule has 0 aliphatic carbocycles. The second-order valence-electron chi connectivity index (χ2n) is 4.67. The predicted molar refractivity (Wildman–Crippen MR) is 80.4 cm³/mol. The number of amides is 1. The van der Waals surface area contributed by atoms with Crippen molar-refractivity contribution in [1.82, 2.24) is 5.32 Å². The first-order valence-electron chi connectivity index (χ1n) is 7.08. The van der Waals surface area contributed by atoms with Crippen molar-refractivity contribution in [3.63, 3.8) is 0 Å². The lowest BCUT2D eigenvalue weighted by Gasteiger charge is -2.11. The van der Waals surface area contributed by atoms with Crippen LogP contribution >= 0.6 is 0 Å². The number of ether oxygens (including phenoxy) is 1. The third-order valence-electron chi connectivity index (χ3n) is 2.91. The molecule has 0 atom stereocenters. The number of amidine groups is 1. The first-order chi connectivity index (χ1) is 11.4. The number of aliphatic imine (C=N–C) groups is 1. The molecule has 5 nitrogen and oxygen atoms in total. The van der Waals surface area contributed by atoms with E-state index >= 15 is 0 Å². The minimum atomic E-state index is -4.52. The summed E-state index contributed by atoms with van der Waals surface area (Å²) in [5.74, 6) is -0.187. The molecule has 0 bridgehead atoms. The average Bonchev–Trinajstić information content (AvgIpc) is 3.05. The number of hydrogen-bond acceptors (Lipinski definition) is 4. The van der Waals surface area contributed by atoms with E-state index in [4.69, 9.17) is 9.15 Å². The molecule has 1 heterocycles. The molecule has 24 heavy (non-hydrogen) atoms. The third kappa shape index (κ3) is 4.87. The normalized spacial score (nSPS) is 12.1. The minimum absolute atomic E-state index is 0.0867. The van der Waals surface area contributed by atoms with Crippen molar-refractivity contribution in [3.05, 3.63) is 59.5 Å². The highest BCUT2D eigenvalue weighted by Crippen LogP contribution is 2.29. The van der Waals surface area contributed by atoms with E-state index in [2.05, 4.69) is 10.3 Å². The maximum atomic E-state index is 12.7. The van der Waals surface area contributed by atoms with Gasteiger partial charge in [0.25, 0.3) is 11.9 Å². The lowest BCUT2D eigenvalue weighted by atomic mass is 10.1. The molecule has 128 valence electrons. The molecule has 1 amide bonds. The smallest absolute Gasteiger partial charge is 0.416 e. The number of nitrogens with one attached hydrogen (secondary N) is 1. The molecule has 0 unspecified atom stereocenters. The van der Waals surface area contributed by atoms with Crippen LogP contribution in [0.25, 0.3) is 0 Å². The summed E-state index contributed by atoms with van der Waals surface area (Å²) < 4.78 is 48.4. The predicted octanol–water partition coefficient (Wildman–Crippen LogP) is 3.62. The van der Waals surface area contributed by atoms with Gasteiger partial charge in [0.2, 0.25) is 0 Å². The molecule has 1 N–H and O–H groups in total. The molecule has 8 heteroatoms. The molecule has 2 aromatic rings. The highest BCUT2D eigenvalue weighted by Gasteiger charge is 2.31. The Hall–Kier alpha value is -2.77. The van der Waals surface area contributed by atoms with Crippen molar-refractivity contribution in [2.45, 2.75) is 19.6 Å². The molecular weight excluding hydrogens is 325 g/mol. The fraction of sp³-hybridized carbons (Fsp3) is 0.250. The van der Waals surface area contributed by atoms with Crippen LogP contribution in [0.2, 0.25) is 0 Å². The summed E-state index contributed by atoms with van der Waals surface area (Å²) in [6, 6.07) is 7.40. The summed E-state index contributed by atoms with van der Waals surface area (Å²) >= 11 is 0. The van der Waals surface area contributed by atoms with Crippen LogP contribution < -0.4 is 5.32 Å². The van der Waals surface area contributed by atoms with E-state index in [1.54, 1.807) is 19.1 Å². The van der Waals surface area contributed by atoms with E-state index in [-0.39, 0.29) is 24.7 Å². The Morgan fingerprint density at radius 3 is 2.71 bits per heavy atom. The number of hydrogen-bond donors (Lipinski definition) is 1. The van der Waals surface area contributed by atoms with Crippen LogP contribution in [0.3, 0.4) is 0 Å². The van der Waals surface area contributed by atoms with Gasteiger partial charge in [-0.1, -0.05) is 6.07 Å². The molecule has 0 saturated heterocycles. The number of benzene rings is 1. The first-order valence-corrected chi connectivity index (χ1v) is 7.08. The summed E-state index contributed by atoms with van der Waals surface area (Å²) in [7, 11) is 0. The van der Waals surface area contributed by atoms with E-state index in [1.807, 2.05) is 0 Å². The molecular formula is C16H15F3N2O3. The Balaban J connectivity index is 2.11. The molecule has 0 aliphatic rings. The summed E-state index contributed by atoms with van der Waals surface area (Å²) in [5.41, 5.74) is -1.05. The number of halogens is 3. The number of carbonyl (C=O) groups excluding carboxylic acids is 1.